The van der Waals surface area contributed by atoms with Gasteiger partial charge in [-0.3, -0.25) is 9.59 Å². The Morgan fingerprint density at radius 3 is 2.69 bits per heavy atom. The molecule has 3 rings (SSSR count). The molecule has 2 amide bonds. The third-order valence-electron chi connectivity index (χ3n) is 6.31. The van der Waals surface area contributed by atoms with Crippen LogP contribution in [0.25, 0.3) is 0 Å². The Kier molecular flexibility index (Phi) is 7.78. The Morgan fingerprint density at radius 1 is 1.38 bits per heavy atom. The minimum atomic E-state index is -0.351. The third kappa shape index (κ3) is 5.42. The lowest BCUT2D eigenvalue weighted by Crippen LogP contribution is -2.51. The number of fused-ring (bicyclic) bond motifs is 1. The smallest absolute Gasteiger partial charge is 0.259 e. The zero-order valence-corrected chi connectivity index (χ0v) is 19.8. The number of nitrogens with zero attached hydrogens (tertiary/aromatic N) is 3. The van der Waals surface area contributed by atoms with Crippen molar-refractivity contribution in [3.63, 3.8) is 0 Å². The molecule has 3 atom stereocenters. The lowest BCUT2D eigenvalue weighted by atomic mass is 9.84. The van der Waals surface area contributed by atoms with Crippen LogP contribution in [0.5, 0.6) is 5.88 Å². The first-order valence-electron chi connectivity index (χ1n) is 11.6. The third-order valence-corrected chi connectivity index (χ3v) is 6.31. The Hall–Kier alpha value is -2.59. The van der Waals surface area contributed by atoms with Gasteiger partial charge in [-0.15, -0.1) is 0 Å². The molecule has 2 aliphatic rings. The van der Waals surface area contributed by atoms with Crippen LogP contribution < -0.4 is 4.74 Å². The maximum Gasteiger partial charge on any atom is 0.259 e. The van der Waals surface area contributed by atoms with E-state index in [2.05, 4.69) is 16.8 Å². The highest BCUT2D eigenvalue weighted by Gasteiger charge is 2.36. The second kappa shape index (κ2) is 10.4. The molecule has 1 aromatic rings. The average Bonchev–Trinajstić information content (AvgIpc) is 2.72. The predicted octanol–water partition coefficient (Wildman–Crippen LogP) is 2.57. The van der Waals surface area contributed by atoms with Crippen LogP contribution in [-0.4, -0.2) is 70.6 Å². The summed E-state index contributed by atoms with van der Waals surface area (Å²) in [6, 6.07) is 1.37. The molecule has 1 N–H and O–H groups in total. The van der Waals surface area contributed by atoms with Crippen molar-refractivity contribution in [2.45, 2.75) is 59.1 Å². The first kappa shape index (κ1) is 24.1. The number of aliphatic hydroxyl groups excluding tert-OH is 1. The Labute approximate surface area is 191 Å². The van der Waals surface area contributed by atoms with Gasteiger partial charge in [0.15, 0.2) is 0 Å². The first-order chi connectivity index (χ1) is 15.2. The van der Waals surface area contributed by atoms with E-state index in [1.54, 1.807) is 22.1 Å². The fourth-order valence-corrected chi connectivity index (χ4v) is 3.94. The van der Waals surface area contributed by atoms with E-state index in [4.69, 9.17) is 4.74 Å². The number of ether oxygens (including phenoxy) is 1. The molecular formula is C25H35N3O4. The van der Waals surface area contributed by atoms with E-state index < -0.39 is 0 Å². The molecule has 32 heavy (non-hydrogen) atoms. The topological polar surface area (TPSA) is 83.0 Å². The summed E-state index contributed by atoms with van der Waals surface area (Å²) in [5.74, 6) is 6.58. The molecule has 0 saturated heterocycles. The summed E-state index contributed by atoms with van der Waals surface area (Å²) in [4.78, 5) is 33.9. The predicted molar refractivity (Wildman–Crippen MR) is 122 cm³/mol. The Morgan fingerprint density at radius 2 is 2.09 bits per heavy atom. The fraction of sp³-hybridized carbons (Fsp3) is 0.640. The molecule has 7 heteroatoms. The number of amides is 2. The van der Waals surface area contributed by atoms with Crippen molar-refractivity contribution in [2.24, 2.45) is 17.8 Å². The summed E-state index contributed by atoms with van der Waals surface area (Å²) in [6.45, 7) is 8.52. The van der Waals surface area contributed by atoms with E-state index in [0.717, 1.165) is 19.3 Å². The molecule has 0 radical (unpaired) electrons. The van der Waals surface area contributed by atoms with Gasteiger partial charge in [0.25, 0.3) is 5.91 Å². The number of aromatic nitrogens is 1. The molecule has 1 saturated carbocycles. The van der Waals surface area contributed by atoms with E-state index in [-0.39, 0.29) is 54.2 Å². The summed E-state index contributed by atoms with van der Waals surface area (Å²) in [5, 5.41) is 9.76. The Bertz CT molecular complexity index is 900. The largest absolute Gasteiger partial charge is 0.472 e. The highest BCUT2D eigenvalue weighted by atomic mass is 16.5. The maximum absolute atomic E-state index is 13.4. The second-order valence-electron chi connectivity index (χ2n) is 9.47. The summed E-state index contributed by atoms with van der Waals surface area (Å²) in [5.41, 5.74) is 0.985. The summed E-state index contributed by atoms with van der Waals surface area (Å²) >= 11 is 0. The van der Waals surface area contributed by atoms with Crippen LogP contribution in [0.3, 0.4) is 0 Å². The monoisotopic (exact) mass is 441 g/mol. The minimum absolute atomic E-state index is 0.0556. The average molecular weight is 442 g/mol. The standard InChI is InChI=1S/C25H35N3O4/c1-16(2)9-10-19-11-21-23(26-12-19)32-22(14-27(5)24(30)20-7-6-8-20)17(3)13-28(25(21)31)18(4)15-29/h11-12,16-18,20,22,29H,6-8,13-15H2,1-5H3/t17-,18+,22-/m1/s1. The van der Waals surface area contributed by atoms with Crippen molar-refractivity contribution in [2.75, 3.05) is 26.7 Å². The number of hydrogen-bond donors (Lipinski definition) is 1. The molecule has 7 nitrogen and oxygen atoms in total. The van der Waals surface area contributed by atoms with Crippen LogP contribution in [0.4, 0.5) is 0 Å². The van der Waals surface area contributed by atoms with Crippen LogP contribution in [-0.2, 0) is 4.79 Å². The van der Waals surface area contributed by atoms with Gasteiger partial charge < -0.3 is 19.6 Å². The van der Waals surface area contributed by atoms with Crippen molar-refractivity contribution in [1.82, 2.24) is 14.8 Å². The number of likely N-dealkylation sites (N-methyl/N-ethyl adjacent to an activating group) is 1. The lowest BCUT2D eigenvalue weighted by Gasteiger charge is -2.38. The number of aliphatic hydroxyl groups is 1. The normalized spacial score (nSPS) is 22.0. The van der Waals surface area contributed by atoms with Crippen molar-refractivity contribution in [1.29, 1.82) is 0 Å². The summed E-state index contributed by atoms with van der Waals surface area (Å²) in [6.07, 6.45) is 4.30. The van der Waals surface area contributed by atoms with Crippen LogP contribution in [0.1, 0.15) is 62.9 Å². The van der Waals surface area contributed by atoms with Gasteiger partial charge >= 0.3 is 0 Å². The van der Waals surface area contributed by atoms with Crippen molar-refractivity contribution in [3.8, 4) is 17.7 Å². The zero-order chi connectivity index (χ0) is 23.4. The molecule has 1 aromatic heterocycles. The number of pyridine rings is 1. The van der Waals surface area contributed by atoms with Crippen molar-refractivity contribution >= 4 is 11.8 Å². The molecular weight excluding hydrogens is 406 g/mol. The van der Waals surface area contributed by atoms with Crippen LogP contribution >= 0.6 is 0 Å². The van der Waals surface area contributed by atoms with Gasteiger partial charge in [0.05, 0.1) is 19.2 Å². The van der Waals surface area contributed by atoms with Gasteiger partial charge in [0.2, 0.25) is 11.8 Å². The number of carbonyl (C=O) groups is 2. The van der Waals surface area contributed by atoms with Gasteiger partial charge in [-0.05, 0) is 25.8 Å². The van der Waals surface area contributed by atoms with E-state index in [0.29, 0.717) is 24.2 Å². The van der Waals surface area contributed by atoms with Gasteiger partial charge in [-0.2, -0.15) is 0 Å². The highest BCUT2D eigenvalue weighted by Crippen LogP contribution is 2.30. The van der Waals surface area contributed by atoms with E-state index in [1.807, 2.05) is 34.7 Å². The SMILES string of the molecule is CC(C)C#Cc1cnc2c(c1)C(=O)N([C@@H](C)CO)C[C@@H](C)[C@@H](CN(C)C(=O)C1CCC1)O2. The van der Waals surface area contributed by atoms with Crippen LogP contribution in [0, 0.1) is 29.6 Å². The quantitative estimate of drug-likeness (QED) is 0.710. The van der Waals surface area contributed by atoms with Gasteiger partial charge in [-0.25, -0.2) is 4.98 Å². The first-order valence-corrected chi connectivity index (χ1v) is 11.6. The van der Waals surface area contributed by atoms with E-state index in [1.165, 1.54) is 0 Å². The van der Waals surface area contributed by atoms with E-state index >= 15 is 0 Å². The van der Waals surface area contributed by atoms with Crippen molar-refractivity contribution < 1.29 is 19.4 Å². The van der Waals surface area contributed by atoms with Crippen LogP contribution in [0.15, 0.2) is 12.3 Å². The number of hydrogen-bond acceptors (Lipinski definition) is 5. The molecule has 0 unspecified atom stereocenters. The molecule has 1 aliphatic heterocycles. The lowest BCUT2D eigenvalue weighted by molar-refractivity contribution is -0.138. The Balaban J connectivity index is 1.93. The minimum Gasteiger partial charge on any atom is -0.472 e. The van der Waals surface area contributed by atoms with E-state index in [9.17, 15) is 14.7 Å². The summed E-state index contributed by atoms with van der Waals surface area (Å²) in [7, 11) is 1.81. The molecule has 2 heterocycles. The van der Waals surface area contributed by atoms with Crippen LogP contribution in [0.2, 0.25) is 0 Å². The molecule has 0 bridgehead atoms. The molecule has 1 fully saturated rings. The van der Waals surface area contributed by atoms with Gasteiger partial charge in [0.1, 0.15) is 11.7 Å². The van der Waals surface area contributed by atoms with Gasteiger partial charge in [-0.1, -0.05) is 39.0 Å². The maximum atomic E-state index is 13.4. The molecule has 1 aliphatic carbocycles. The fourth-order valence-electron chi connectivity index (χ4n) is 3.94. The summed E-state index contributed by atoms with van der Waals surface area (Å²) < 4.78 is 6.25. The number of carbonyl (C=O) groups excluding carboxylic acids is 2. The molecule has 174 valence electrons. The zero-order valence-electron chi connectivity index (χ0n) is 19.8. The molecule has 0 aromatic carbocycles. The molecule has 0 spiro atoms. The van der Waals surface area contributed by atoms with Crippen molar-refractivity contribution in [3.05, 3.63) is 23.4 Å². The van der Waals surface area contributed by atoms with Gasteiger partial charge in [0, 0.05) is 43.1 Å². The second-order valence-corrected chi connectivity index (χ2v) is 9.47. The number of rotatable bonds is 5. The highest BCUT2D eigenvalue weighted by molar-refractivity contribution is 5.97.